The fourth-order valence-electron chi connectivity index (χ4n) is 3.75. The second kappa shape index (κ2) is 23.9. The Balaban J connectivity index is 4.10. The topological polar surface area (TPSA) is 142 Å². The predicted octanol–water partition coefficient (Wildman–Crippen LogP) is 4.41. The average molecular weight is 527 g/mol. The normalized spacial score (nSPS) is 12.7. The molecule has 0 heterocycles. The summed E-state index contributed by atoms with van der Waals surface area (Å²) in [6.45, 7) is 3.26. The lowest BCUT2D eigenvalue weighted by Crippen LogP contribution is -2.47. The summed E-state index contributed by atoms with van der Waals surface area (Å²) in [4.78, 5) is 46.6. The largest absolute Gasteiger partial charge is 0.480 e. The molecule has 9 nitrogen and oxygen atoms in total. The molecule has 0 saturated heterocycles. The van der Waals surface area contributed by atoms with Crippen LogP contribution in [0, 0.1) is 0 Å². The fraction of sp³-hybridized carbons (Fsp3) is 0.786. The molecule has 0 spiro atoms. The number of rotatable bonds is 24. The highest BCUT2D eigenvalue weighted by Crippen LogP contribution is 2.14. The number of nitrogens with one attached hydrogen (secondary N) is 2. The summed E-state index contributed by atoms with van der Waals surface area (Å²) < 4.78 is 5.71. The van der Waals surface area contributed by atoms with E-state index in [9.17, 15) is 19.2 Å². The number of ether oxygens (including phenoxy) is 1. The first-order valence-corrected chi connectivity index (χ1v) is 14.1. The van der Waals surface area contributed by atoms with Gasteiger partial charge in [0, 0.05) is 12.8 Å². The summed E-state index contributed by atoms with van der Waals surface area (Å²) in [5.74, 6) is -2.42. The minimum Gasteiger partial charge on any atom is -0.480 e. The van der Waals surface area contributed by atoms with E-state index in [1.165, 1.54) is 32.1 Å². The Morgan fingerprint density at radius 1 is 0.811 bits per heavy atom. The minimum absolute atomic E-state index is 0.130. The van der Waals surface area contributed by atoms with Crippen molar-refractivity contribution in [3.05, 3.63) is 12.2 Å². The van der Waals surface area contributed by atoms with E-state index in [0.717, 1.165) is 51.4 Å². The molecule has 0 radical (unpaired) electrons. The number of carboxylic acid groups (broad SMARTS) is 1. The van der Waals surface area contributed by atoms with Crippen LogP contribution in [0.3, 0.4) is 0 Å². The smallest absolute Gasteiger partial charge is 0.328 e. The number of carbonyl (C=O) groups excluding carboxylic acids is 3. The maximum absolute atomic E-state index is 12.3. The zero-order chi connectivity index (χ0) is 27.7. The lowest BCUT2D eigenvalue weighted by molar-refractivity contribution is -0.147. The van der Waals surface area contributed by atoms with Gasteiger partial charge in [-0.1, -0.05) is 77.7 Å². The van der Waals surface area contributed by atoms with Crippen LogP contribution in [0.1, 0.15) is 117 Å². The molecule has 0 aliphatic rings. The molecular formula is C28H50N2O7. The molecule has 0 aromatic rings. The van der Waals surface area contributed by atoms with E-state index >= 15 is 0 Å². The summed E-state index contributed by atoms with van der Waals surface area (Å²) in [5, 5.41) is 22.3. The maximum Gasteiger partial charge on any atom is 0.328 e. The number of aliphatic hydroxyl groups excluding tert-OH is 1. The van der Waals surface area contributed by atoms with Crippen LogP contribution in [0.15, 0.2) is 12.2 Å². The standard InChI is InChI=1S/C28H50N2O7/c1-3-5-7-8-9-10-16-20-27(34)37-23(17-13-6-4-2)18-14-11-12-15-19-25(32)29-21-26(33)30-24(22-31)28(35)36/h13,17,23-24,31H,3-12,14-16,18-22H2,1-2H3,(H,29,32)(H,30,33)(H,35,36)/b17-13-. The number of unbranched alkanes of at least 4 members (excludes halogenated alkanes) is 10. The molecule has 37 heavy (non-hydrogen) atoms. The first kappa shape index (κ1) is 34.6. The maximum atomic E-state index is 12.3. The van der Waals surface area contributed by atoms with Crippen molar-refractivity contribution in [1.82, 2.24) is 10.6 Å². The van der Waals surface area contributed by atoms with Gasteiger partial charge >= 0.3 is 11.9 Å². The number of allylic oxidation sites excluding steroid dienone is 1. The van der Waals surface area contributed by atoms with Crippen LogP contribution in [-0.4, -0.2) is 59.3 Å². The van der Waals surface area contributed by atoms with Crippen molar-refractivity contribution in [2.24, 2.45) is 0 Å². The molecule has 0 saturated carbocycles. The van der Waals surface area contributed by atoms with Gasteiger partial charge in [-0.3, -0.25) is 14.4 Å². The van der Waals surface area contributed by atoms with E-state index in [2.05, 4.69) is 30.6 Å². The summed E-state index contributed by atoms with van der Waals surface area (Å²) >= 11 is 0. The summed E-state index contributed by atoms with van der Waals surface area (Å²) in [5.41, 5.74) is 0. The third kappa shape index (κ3) is 21.4. The van der Waals surface area contributed by atoms with Gasteiger partial charge in [0.2, 0.25) is 11.8 Å². The van der Waals surface area contributed by atoms with Gasteiger partial charge in [-0.2, -0.15) is 0 Å². The molecule has 0 rings (SSSR count). The molecule has 2 unspecified atom stereocenters. The monoisotopic (exact) mass is 526 g/mol. The number of hydrogen-bond acceptors (Lipinski definition) is 6. The molecule has 0 fully saturated rings. The van der Waals surface area contributed by atoms with Crippen LogP contribution < -0.4 is 10.6 Å². The Hall–Kier alpha value is -2.42. The van der Waals surface area contributed by atoms with Crippen molar-refractivity contribution in [3.63, 3.8) is 0 Å². The molecule has 214 valence electrons. The number of amides is 2. The molecule has 0 aliphatic carbocycles. The Morgan fingerprint density at radius 3 is 2.05 bits per heavy atom. The highest BCUT2D eigenvalue weighted by molar-refractivity contribution is 5.87. The second-order valence-electron chi connectivity index (χ2n) is 9.49. The van der Waals surface area contributed by atoms with Gasteiger partial charge in [0.15, 0.2) is 0 Å². The highest BCUT2D eigenvalue weighted by atomic mass is 16.5. The van der Waals surface area contributed by atoms with Gasteiger partial charge in [0.1, 0.15) is 12.1 Å². The number of esters is 1. The van der Waals surface area contributed by atoms with Crippen molar-refractivity contribution in [2.75, 3.05) is 13.2 Å². The second-order valence-corrected chi connectivity index (χ2v) is 9.49. The Labute approximate surface area is 222 Å². The van der Waals surface area contributed by atoms with E-state index in [1.54, 1.807) is 0 Å². The molecule has 0 bridgehead atoms. The van der Waals surface area contributed by atoms with Crippen LogP contribution in [0.2, 0.25) is 0 Å². The lowest BCUT2D eigenvalue weighted by Gasteiger charge is -2.15. The first-order chi connectivity index (χ1) is 17.8. The summed E-state index contributed by atoms with van der Waals surface area (Å²) in [6, 6.07) is -1.38. The Bertz CT molecular complexity index is 667. The third-order valence-electron chi connectivity index (χ3n) is 5.98. The molecular weight excluding hydrogens is 476 g/mol. The number of carboxylic acids is 1. The van der Waals surface area contributed by atoms with Crippen LogP contribution >= 0.6 is 0 Å². The van der Waals surface area contributed by atoms with Crippen molar-refractivity contribution >= 4 is 23.8 Å². The summed E-state index contributed by atoms with van der Waals surface area (Å²) in [6.07, 6.45) is 18.8. The summed E-state index contributed by atoms with van der Waals surface area (Å²) in [7, 11) is 0. The van der Waals surface area contributed by atoms with E-state index in [4.69, 9.17) is 14.9 Å². The van der Waals surface area contributed by atoms with Gasteiger partial charge in [-0.05, 0) is 38.2 Å². The van der Waals surface area contributed by atoms with Crippen molar-refractivity contribution < 1.29 is 34.1 Å². The fourth-order valence-corrected chi connectivity index (χ4v) is 3.75. The molecule has 4 N–H and O–H groups in total. The van der Waals surface area contributed by atoms with Crippen LogP contribution in [0.4, 0.5) is 0 Å². The predicted molar refractivity (Wildman–Crippen MR) is 144 cm³/mol. The third-order valence-corrected chi connectivity index (χ3v) is 5.98. The zero-order valence-corrected chi connectivity index (χ0v) is 23.0. The van der Waals surface area contributed by atoms with E-state index in [-0.39, 0.29) is 30.9 Å². The van der Waals surface area contributed by atoms with Gasteiger partial charge in [0.25, 0.3) is 0 Å². The number of aliphatic hydroxyl groups is 1. The SMILES string of the molecule is CCC/C=C\C(CCCCCCC(=O)NCC(=O)NC(CO)C(=O)O)OC(=O)CCCCCCCCC. The highest BCUT2D eigenvalue weighted by Gasteiger charge is 2.18. The van der Waals surface area contributed by atoms with Gasteiger partial charge in [0.05, 0.1) is 13.2 Å². The molecule has 0 aromatic heterocycles. The van der Waals surface area contributed by atoms with Crippen LogP contribution in [-0.2, 0) is 23.9 Å². The molecule has 2 amide bonds. The van der Waals surface area contributed by atoms with Crippen molar-refractivity contribution in [2.45, 2.75) is 129 Å². The zero-order valence-electron chi connectivity index (χ0n) is 23.0. The van der Waals surface area contributed by atoms with Crippen molar-refractivity contribution in [1.29, 1.82) is 0 Å². The number of carbonyl (C=O) groups is 4. The van der Waals surface area contributed by atoms with Crippen LogP contribution in [0.5, 0.6) is 0 Å². The number of hydrogen-bond donors (Lipinski definition) is 4. The van der Waals surface area contributed by atoms with E-state index < -0.39 is 24.5 Å². The minimum atomic E-state index is -1.38. The van der Waals surface area contributed by atoms with Gasteiger partial charge in [-0.15, -0.1) is 0 Å². The van der Waals surface area contributed by atoms with Crippen molar-refractivity contribution in [3.8, 4) is 0 Å². The van der Waals surface area contributed by atoms with Gasteiger partial charge < -0.3 is 25.6 Å². The Kier molecular flexibility index (Phi) is 22.4. The van der Waals surface area contributed by atoms with Crippen LogP contribution in [0.25, 0.3) is 0 Å². The molecule has 9 heteroatoms. The van der Waals surface area contributed by atoms with E-state index in [0.29, 0.717) is 12.8 Å². The molecule has 2 atom stereocenters. The quantitative estimate of drug-likeness (QED) is 0.0829. The number of aliphatic carboxylic acids is 1. The molecule has 0 aliphatic heterocycles. The van der Waals surface area contributed by atoms with E-state index in [1.807, 2.05) is 6.08 Å². The van der Waals surface area contributed by atoms with Gasteiger partial charge in [-0.25, -0.2) is 4.79 Å². The molecule has 0 aromatic carbocycles. The first-order valence-electron chi connectivity index (χ1n) is 14.1. The lowest BCUT2D eigenvalue weighted by atomic mass is 10.1. The Morgan fingerprint density at radius 2 is 1.43 bits per heavy atom. The average Bonchev–Trinajstić information content (AvgIpc) is 2.87.